The van der Waals surface area contributed by atoms with E-state index in [1.165, 1.54) is 6.07 Å². The maximum atomic E-state index is 9.45. The van der Waals surface area contributed by atoms with Crippen LogP contribution in [0.3, 0.4) is 0 Å². The van der Waals surface area contributed by atoms with Gasteiger partial charge < -0.3 is 9.84 Å². The summed E-state index contributed by atoms with van der Waals surface area (Å²) < 4.78 is 5.08. The smallest absolute Gasteiger partial charge is 0.118 e. The van der Waals surface area contributed by atoms with E-state index >= 15 is 0 Å². The summed E-state index contributed by atoms with van der Waals surface area (Å²) in [5.41, 5.74) is 1.87. The number of ether oxygens (including phenoxy) is 1. The van der Waals surface area contributed by atoms with Crippen LogP contribution in [0.2, 0.25) is 5.02 Å². The van der Waals surface area contributed by atoms with Crippen LogP contribution in [0, 0.1) is 0 Å². The van der Waals surface area contributed by atoms with Crippen LogP contribution in [0.5, 0.6) is 11.5 Å². The molecule has 0 unspecified atom stereocenters. The average Bonchev–Trinajstić information content (AvgIpc) is 2.28. The van der Waals surface area contributed by atoms with Crippen LogP contribution >= 0.6 is 11.6 Å². The molecule has 2 aromatic carbocycles. The first-order valence-corrected chi connectivity index (χ1v) is 5.21. The summed E-state index contributed by atoms with van der Waals surface area (Å²) in [6, 6.07) is 12.6. The van der Waals surface area contributed by atoms with Gasteiger partial charge in [0.05, 0.1) is 7.11 Å². The third-order valence-electron chi connectivity index (χ3n) is 2.31. The molecular formula is C13H11ClO2. The zero-order valence-corrected chi connectivity index (χ0v) is 9.53. The molecule has 0 saturated heterocycles. The van der Waals surface area contributed by atoms with Gasteiger partial charge in [-0.15, -0.1) is 0 Å². The molecule has 82 valence electrons. The maximum Gasteiger partial charge on any atom is 0.118 e. The van der Waals surface area contributed by atoms with E-state index in [0.29, 0.717) is 5.02 Å². The minimum atomic E-state index is 0.165. The molecule has 0 aromatic heterocycles. The molecule has 0 saturated carbocycles. The Bertz CT molecular complexity index is 472. The molecule has 0 spiro atoms. The van der Waals surface area contributed by atoms with Gasteiger partial charge in [-0.3, -0.25) is 0 Å². The first-order valence-electron chi connectivity index (χ1n) is 4.83. The van der Waals surface area contributed by atoms with Gasteiger partial charge in [0.15, 0.2) is 0 Å². The molecule has 2 rings (SSSR count). The highest BCUT2D eigenvalue weighted by molar-refractivity contribution is 6.31. The fraction of sp³-hybridized carbons (Fsp3) is 0.0769. The van der Waals surface area contributed by atoms with E-state index in [1.807, 2.05) is 30.3 Å². The summed E-state index contributed by atoms with van der Waals surface area (Å²) >= 11 is 5.87. The molecule has 2 aromatic rings. The van der Waals surface area contributed by atoms with Crippen LogP contribution in [-0.4, -0.2) is 12.2 Å². The van der Waals surface area contributed by atoms with Gasteiger partial charge in [0, 0.05) is 5.02 Å². The van der Waals surface area contributed by atoms with Crippen molar-refractivity contribution >= 4 is 11.6 Å². The number of benzene rings is 2. The van der Waals surface area contributed by atoms with Crippen LogP contribution in [0.1, 0.15) is 0 Å². The normalized spacial score (nSPS) is 10.1. The highest BCUT2D eigenvalue weighted by Gasteiger charge is 2.01. The Hall–Kier alpha value is -1.67. The summed E-state index contributed by atoms with van der Waals surface area (Å²) in [5.74, 6) is 0.966. The van der Waals surface area contributed by atoms with Crippen molar-refractivity contribution in [3.8, 4) is 22.6 Å². The molecule has 0 radical (unpaired) electrons. The van der Waals surface area contributed by atoms with E-state index in [9.17, 15) is 5.11 Å². The van der Waals surface area contributed by atoms with Crippen LogP contribution in [0.15, 0.2) is 42.5 Å². The fourth-order valence-corrected chi connectivity index (χ4v) is 1.75. The van der Waals surface area contributed by atoms with Crippen molar-refractivity contribution < 1.29 is 9.84 Å². The predicted molar refractivity (Wildman–Crippen MR) is 65.1 cm³/mol. The molecular weight excluding hydrogens is 224 g/mol. The lowest BCUT2D eigenvalue weighted by molar-refractivity contribution is 0.415. The topological polar surface area (TPSA) is 29.5 Å². The molecule has 0 amide bonds. The third kappa shape index (κ3) is 2.28. The second-order valence-electron chi connectivity index (χ2n) is 3.43. The van der Waals surface area contributed by atoms with E-state index in [0.717, 1.165) is 16.9 Å². The SMILES string of the molecule is COc1ccc(-c2cc(O)cc(Cl)c2)cc1. The Balaban J connectivity index is 2.42. The van der Waals surface area contributed by atoms with E-state index in [2.05, 4.69) is 0 Å². The van der Waals surface area contributed by atoms with Crippen molar-refractivity contribution in [3.63, 3.8) is 0 Å². The van der Waals surface area contributed by atoms with Crippen molar-refractivity contribution in [1.82, 2.24) is 0 Å². The number of hydrogen-bond donors (Lipinski definition) is 1. The number of phenolic OH excluding ortho intramolecular Hbond substituents is 1. The van der Waals surface area contributed by atoms with E-state index in [1.54, 1.807) is 13.2 Å². The fourth-order valence-electron chi connectivity index (χ4n) is 1.52. The molecule has 16 heavy (non-hydrogen) atoms. The molecule has 0 atom stereocenters. The Labute approximate surface area is 99.1 Å². The van der Waals surface area contributed by atoms with Crippen molar-refractivity contribution in [3.05, 3.63) is 47.5 Å². The standard InChI is InChI=1S/C13H11ClO2/c1-16-13-4-2-9(3-5-13)10-6-11(14)8-12(15)7-10/h2-8,15H,1H3. The molecule has 0 fully saturated rings. The lowest BCUT2D eigenvalue weighted by atomic mass is 10.1. The zero-order chi connectivity index (χ0) is 11.5. The van der Waals surface area contributed by atoms with E-state index in [-0.39, 0.29) is 5.75 Å². The molecule has 1 N–H and O–H groups in total. The quantitative estimate of drug-likeness (QED) is 0.858. The summed E-state index contributed by atoms with van der Waals surface area (Å²) in [7, 11) is 1.63. The molecule has 0 heterocycles. The van der Waals surface area contributed by atoms with Gasteiger partial charge in [-0.1, -0.05) is 23.7 Å². The Morgan fingerprint density at radius 3 is 2.25 bits per heavy atom. The van der Waals surface area contributed by atoms with Gasteiger partial charge in [0.2, 0.25) is 0 Å². The number of halogens is 1. The predicted octanol–water partition coefficient (Wildman–Crippen LogP) is 3.72. The first-order chi connectivity index (χ1) is 7.69. The van der Waals surface area contributed by atoms with Crippen molar-refractivity contribution in [1.29, 1.82) is 0 Å². The highest BCUT2D eigenvalue weighted by atomic mass is 35.5. The molecule has 3 heteroatoms. The molecule has 0 aliphatic carbocycles. The number of rotatable bonds is 2. The van der Waals surface area contributed by atoms with Gasteiger partial charge in [-0.05, 0) is 41.5 Å². The maximum absolute atomic E-state index is 9.45. The number of phenols is 1. The van der Waals surface area contributed by atoms with Crippen molar-refractivity contribution in [2.75, 3.05) is 7.11 Å². The molecule has 0 aliphatic heterocycles. The second kappa shape index (κ2) is 4.45. The number of hydrogen-bond acceptors (Lipinski definition) is 2. The summed E-state index contributed by atoms with van der Waals surface area (Å²) in [6.45, 7) is 0. The van der Waals surface area contributed by atoms with Gasteiger partial charge in [0.1, 0.15) is 11.5 Å². The molecule has 0 aliphatic rings. The lowest BCUT2D eigenvalue weighted by Crippen LogP contribution is -1.82. The number of aromatic hydroxyl groups is 1. The van der Waals surface area contributed by atoms with Crippen LogP contribution in [-0.2, 0) is 0 Å². The zero-order valence-electron chi connectivity index (χ0n) is 8.77. The second-order valence-corrected chi connectivity index (χ2v) is 3.86. The lowest BCUT2D eigenvalue weighted by Gasteiger charge is -2.05. The van der Waals surface area contributed by atoms with Gasteiger partial charge in [-0.2, -0.15) is 0 Å². The number of methoxy groups -OCH3 is 1. The Morgan fingerprint density at radius 2 is 1.69 bits per heavy atom. The van der Waals surface area contributed by atoms with Crippen LogP contribution in [0.4, 0.5) is 0 Å². The van der Waals surface area contributed by atoms with E-state index in [4.69, 9.17) is 16.3 Å². The van der Waals surface area contributed by atoms with Crippen molar-refractivity contribution in [2.45, 2.75) is 0 Å². The first kappa shape index (κ1) is 10.8. The molecule has 0 bridgehead atoms. The van der Waals surface area contributed by atoms with Crippen molar-refractivity contribution in [2.24, 2.45) is 0 Å². The monoisotopic (exact) mass is 234 g/mol. The van der Waals surface area contributed by atoms with E-state index < -0.39 is 0 Å². The third-order valence-corrected chi connectivity index (χ3v) is 2.52. The van der Waals surface area contributed by atoms with Gasteiger partial charge in [0.25, 0.3) is 0 Å². The highest BCUT2D eigenvalue weighted by Crippen LogP contribution is 2.28. The Kier molecular flexibility index (Phi) is 3.02. The summed E-state index contributed by atoms with van der Waals surface area (Å²) in [4.78, 5) is 0. The minimum absolute atomic E-state index is 0.165. The molecule has 2 nitrogen and oxygen atoms in total. The van der Waals surface area contributed by atoms with Gasteiger partial charge >= 0.3 is 0 Å². The van der Waals surface area contributed by atoms with Gasteiger partial charge in [-0.25, -0.2) is 0 Å². The largest absolute Gasteiger partial charge is 0.508 e. The summed E-state index contributed by atoms with van der Waals surface area (Å²) in [6.07, 6.45) is 0. The van der Waals surface area contributed by atoms with Crippen LogP contribution < -0.4 is 4.74 Å². The van der Waals surface area contributed by atoms with Crippen LogP contribution in [0.25, 0.3) is 11.1 Å². The summed E-state index contributed by atoms with van der Waals surface area (Å²) in [5, 5.41) is 9.97. The minimum Gasteiger partial charge on any atom is -0.508 e. The Morgan fingerprint density at radius 1 is 1.00 bits per heavy atom. The average molecular weight is 235 g/mol.